The third kappa shape index (κ3) is 2.53. The molecule has 1 aromatic heterocycles. The molecular formula is C19H18ClN3O. The Bertz CT molecular complexity index is 911. The van der Waals surface area contributed by atoms with Gasteiger partial charge >= 0.3 is 6.03 Å². The molecule has 1 aliphatic rings. The van der Waals surface area contributed by atoms with Gasteiger partial charge in [-0.1, -0.05) is 41.9 Å². The van der Waals surface area contributed by atoms with Crippen LogP contribution in [0.2, 0.25) is 5.02 Å². The first-order valence-corrected chi connectivity index (χ1v) is 8.41. The summed E-state index contributed by atoms with van der Waals surface area (Å²) in [4.78, 5) is 17.9. The minimum atomic E-state index is -0.115. The summed E-state index contributed by atoms with van der Waals surface area (Å²) < 4.78 is 0. The topological polar surface area (TPSA) is 48.1 Å². The van der Waals surface area contributed by atoms with Crippen molar-refractivity contribution in [1.29, 1.82) is 0 Å². The minimum absolute atomic E-state index is 0.115. The number of aromatic amines is 1. The SMILES string of the molecule is Cc1cccc(Cl)c1NC(=O)N1CCc2c([nH]c3ccccc23)C1. The Morgan fingerprint density at radius 3 is 2.88 bits per heavy atom. The van der Waals surface area contributed by atoms with E-state index < -0.39 is 0 Å². The molecule has 0 bridgehead atoms. The molecule has 0 spiro atoms. The van der Waals surface area contributed by atoms with E-state index in [9.17, 15) is 4.79 Å². The molecule has 0 saturated heterocycles. The molecule has 2 amide bonds. The number of urea groups is 1. The molecule has 3 aromatic rings. The first-order chi connectivity index (χ1) is 11.6. The first kappa shape index (κ1) is 15.1. The fourth-order valence-corrected chi connectivity index (χ4v) is 3.61. The van der Waals surface area contributed by atoms with Crippen molar-refractivity contribution in [3.8, 4) is 0 Å². The van der Waals surface area contributed by atoms with Gasteiger partial charge in [0.25, 0.3) is 0 Å². The second kappa shape index (κ2) is 5.87. The largest absolute Gasteiger partial charge is 0.357 e. The first-order valence-electron chi connectivity index (χ1n) is 8.03. The second-order valence-corrected chi connectivity index (χ2v) is 6.57. The Labute approximate surface area is 145 Å². The number of carbonyl (C=O) groups excluding carboxylic acids is 1. The monoisotopic (exact) mass is 339 g/mol. The van der Waals surface area contributed by atoms with Crippen molar-refractivity contribution in [3.05, 3.63) is 64.3 Å². The van der Waals surface area contributed by atoms with Crippen molar-refractivity contribution < 1.29 is 4.79 Å². The number of hydrogen-bond donors (Lipinski definition) is 2. The lowest BCUT2D eigenvalue weighted by molar-refractivity contribution is 0.206. The molecule has 0 fully saturated rings. The highest BCUT2D eigenvalue weighted by Crippen LogP contribution is 2.29. The Kier molecular flexibility index (Phi) is 3.69. The van der Waals surface area contributed by atoms with Crippen LogP contribution in [0.4, 0.5) is 10.5 Å². The maximum absolute atomic E-state index is 12.6. The Balaban J connectivity index is 1.57. The quantitative estimate of drug-likeness (QED) is 0.662. The number of para-hydroxylation sites is 2. The number of hydrogen-bond acceptors (Lipinski definition) is 1. The zero-order chi connectivity index (χ0) is 16.7. The van der Waals surface area contributed by atoms with Crippen LogP contribution in [-0.4, -0.2) is 22.5 Å². The zero-order valence-corrected chi connectivity index (χ0v) is 14.2. The molecule has 0 unspecified atom stereocenters. The number of anilines is 1. The zero-order valence-electron chi connectivity index (χ0n) is 13.4. The van der Waals surface area contributed by atoms with Crippen LogP contribution >= 0.6 is 11.6 Å². The third-order valence-corrected chi connectivity index (χ3v) is 4.94. The fourth-order valence-electron chi connectivity index (χ4n) is 3.34. The van der Waals surface area contributed by atoms with Gasteiger partial charge in [-0.25, -0.2) is 4.79 Å². The van der Waals surface area contributed by atoms with Gasteiger partial charge in [-0.2, -0.15) is 0 Å². The van der Waals surface area contributed by atoms with Crippen LogP contribution in [-0.2, 0) is 13.0 Å². The molecule has 0 saturated carbocycles. The number of H-pyrrole nitrogens is 1. The second-order valence-electron chi connectivity index (χ2n) is 6.16. The number of rotatable bonds is 1. The van der Waals surface area contributed by atoms with Gasteiger partial charge in [0.05, 0.1) is 17.3 Å². The van der Waals surface area contributed by atoms with Crippen LogP contribution < -0.4 is 5.32 Å². The number of carbonyl (C=O) groups is 1. The molecule has 0 radical (unpaired) electrons. The Morgan fingerprint density at radius 1 is 1.21 bits per heavy atom. The molecule has 4 nitrogen and oxygen atoms in total. The summed E-state index contributed by atoms with van der Waals surface area (Å²) in [6, 6.07) is 13.8. The third-order valence-electron chi connectivity index (χ3n) is 4.62. The molecule has 4 rings (SSSR count). The van der Waals surface area contributed by atoms with Gasteiger partial charge in [-0.3, -0.25) is 0 Å². The summed E-state index contributed by atoms with van der Waals surface area (Å²) in [5.74, 6) is 0. The summed E-state index contributed by atoms with van der Waals surface area (Å²) in [6.07, 6.45) is 0.855. The van der Waals surface area contributed by atoms with Crippen molar-refractivity contribution in [2.75, 3.05) is 11.9 Å². The van der Waals surface area contributed by atoms with Crippen LogP contribution in [0.25, 0.3) is 10.9 Å². The lowest BCUT2D eigenvalue weighted by Crippen LogP contribution is -2.39. The van der Waals surface area contributed by atoms with Gasteiger partial charge in [-0.05, 0) is 36.6 Å². The van der Waals surface area contributed by atoms with E-state index in [-0.39, 0.29) is 6.03 Å². The summed E-state index contributed by atoms with van der Waals surface area (Å²) >= 11 is 6.21. The Hall–Kier alpha value is -2.46. The molecule has 5 heteroatoms. The van der Waals surface area contributed by atoms with E-state index in [0.717, 1.165) is 23.2 Å². The highest BCUT2D eigenvalue weighted by molar-refractivity contribution is 6.33. The number of nitrogens with one attached hydrogen (secondary N) is 2. The molecule has 1 aliphatic heterocycles. The maximum Gasteiger partial charge on any atom is 0.322 e. The van der Waals surface area contributed by atoms with Crippen molar-refractivity contribution in [2.24, 2.45) is 0 Å². The van der Waals surface area contributed by atoms with Crippen LogP contribution in [0.1, 0.15) is 16.8 Å². The van der Waals surface area contributed by atoms with E-state index in [1.54, 1.807) is 6.07 Å². The summed E-state index contributed by atoms with van der Waals surface area (Å²) in [5, 5.41) is 4.77. The lowest BCUT2D eigenvalue weighted by Gasteiger charge is -2.27. The van der Waals surface area contributed by atoms with E-state index >= 15 is 0 Å². The molecule has 2 N–H and O–H groups in total. The van der Waals surface area contributed by atoms with Crippen LogP contribution in [0, 0.1) is 6.92 Å². The smallest absolute Gasteiger partial charge is 0.322 e. The van der Waals surface area contributed by atoms with Crippen LogP contribution in [0.3, 0.4) is 0 Å². The lowest BCUT2D eigenvalue weighted by atomic mass is 10.0. The number of amides is 2. The van der Waals surface area contributed by atoms with Gasteiger partial charge in [0.15, 0.2) is 0 Å². The molecule has 2 aromatic carbocycles. The van der Waals surface area contributed by atoms with Crippen molar-refractivity contribution in [3.63, 3.8) is 0 Å². The summed E-state index contributed by atoms with van der Waals surface area (Å²) in [7, 11) is 0. The molecular weight excluding hydrogens is 322 g/mol. The molecule has 122 valence electrons. The number of aryl methyl sites for hydroxylation is 1. The van der Waals surface area contributed by atoms with Crippen LogP contribution in [0.5, 0.6) is 0 Å². The van der Waals surface area contributed by atoms with Gasteiger partial charge in [0, 0.05) is 23.1 Å². The predicted molar refractivity (Wildman–Crippen MR) is 97.6 cm³/mol. The van der Waals surface area contributed by atoms with E-state index in [1.165, 1.54) is 10.9 Å². The predicted octanol–water partition coefficient (Wildman–Crippen LogP) is 4.72. The van der Waals surface area contributed by atoms with Gasteiger partial charge in [0.1, 0.15) is 0 Å². The van der Waals surface area contributed by atoms with Crippen molar-refractivity contribution in [1.82, 2.24) is 9.88 Å². The van der Waals surface area contributed by atoms with Gasteiger partial charge < -0.3 is 15.2 Å². The maximum atomic E-state index is 12.6. The van der Waals surface area contributed by atoms with Gasteiger partial charge in [-0.15, -0.1) is 0 Å². The van der Waals surface area contributed by atoms with Crippen molar-refractivity contribution in [2.45, 2.75) is 19.9 Å². The standard InChI is InChI=1S/C19H18ClN3O/c1-12-5-4-7-15(20)18(12)22-19(24)23-10-9-14-13-6-2-3-8-16(13)21-17(14)11-23/h2-8,21H,9-11H2,1H3,(H,22,24). The number of halogens is 1. The average molecular weight is 340 g/mol. The van der Waals surface area contributed by atoms with Crippen molar-refractivity contribution >= 4 is 34.2 Å². The minimum Gasteiger partial charge on any atom is -0.357 e. The number of aromatic nitrogens is 1. The van der Waals surface area contributed by atoms with E-state index in [0.29, 0.717) is 23.8 Å². The van der Waals surface area contributed by atoms with E-state index in [4.69, 9.17) is 11.6 Å². The fraction of sp³-hybridized carbons (Fsp3) is 0.211. The molecule has 0 atom stereocenters. The van der Waals surface area contributed by atoms with E-state index in [2.05, 4.69) is 28.5 Å². The summed E-state index contributed by atoms with van der Waals surface area (Å²) in [5.41, 5.74) is 5.22. The van der Waals surface area contributed by atoms with Crippen LogP contribution in [0.15, 0.2) is 42.5 Å². The highest BCUT2D eigenvalue weighted by Gasteiger charge is 2.24. The van der Waals surface area contributed by atoms with E-state index in [1.807, 2.05) is 30.0 Å². The van der Waals surface area contributed by atoms with Gasteiger partial charge in [0.2, 0.25) is 0 Å². The summed E-state index contributed by atoms with van der Waals surface area (Å²) in [6.45, 7) is 3.22. The normalized spacial score (nSPS) is 13.8. The molecule has 2 heterocycles. The number of fused-ring (bicyclic) bond motifs is 3. The average Bonchev–Trinajstić information content (AvgIpc) is 2.96. The molecule has 24 heavy (non-hydrogen) atoms. The molecule has 0 aliphatic carbocycles. The Morgan fingerprint density at radius 2 is 2.04 bits per heavy atom. The highest BCUT2D eigenvalue weighted by atomic mass is 35.5. The number of benzene rings is 2. The number of nitrogens with zero attached hydrogens (tertiary/aromatic N) is 1.